The van der Waals surface area contributed by atoms with Crippen LogP contribution in [0.5, 0.6) is 5.75 Å². The van der Waals surface area contributed by atoms with E-state index in [1.165, 1.54) is 0 Å². The third-order valence-electron chi connectivity index (χ3n) is 1.69. The Morgan fingerprint density at radius 1 is 1.25 bits per heavy atom. The minimum absolute atomic E-state index is 0.177. The highest BCUT2D eigenvalue weighted by molar-refractivity contribution is 6.42. The summed E-state index contributed by atoms with van der Waals surface area (Å²) in [6.45, 7) is 3.91. The molecule has 0 saturated heterocycles. The van der Waals surface area contributed by atoms with Gasteiger partial charge in [-0.1, -0.05) is 37.0 Å². The van der Waals surface area contributed by atoms with Gasteiger partial charge < -0.3 is 5.11 Å². The van der Waals surface area contributed by atoms with Crippen molar-refractivity contribution in [1.82, 2.24) is 0 Å². The molecule has 12 heavy (non-hydrogen) atoms. The van der Waals surface area contributed by atoms with Crippen LogP contribution in [-0.4, -0.2) is 5.11 Å². The number of phenols is 1. The quantitative estimate of drug-likeness (QED) is 0.738. The van der Waals surface area contributed by atoms with Crippen molar-refractivity contribution in [3.8, 4) is 5.75 Å². The zero-order valence-corrected chi connectivity index (χ0v) is 8.45. The fourth-order valence-corrected chi connectivity index (χ4v) is 1.65. The van der Waals surface area contributed by atoms with Crippen molar-refractivity contribution in [1.29, 1.82) is 0 Å². The number of rotatable bonds is 1. The van der Waals surface area contributed by atoms with Crippen molar-refractivity contribution < 1.29 is 5.11 Å². The molecular formula is C9H10Cl2O. The average molecular weight is 205 g/mol. The first-order valence-corrected chi connectivity index (χ1v) is 4.46. The van der Waals surface area contributed by atoms with Gasteiger partial charge in [0.05, 0.1) is 10.0 Å². The summed E-state index contributed by atoms with van der Waals surface area (Å²) in [6.07, 6.45) is 0. The van der Waals surface area contributed by atoms with Crippen molar-refractivity contribution in [3.05, 3.63) is 27.7 Å². The minimum atomic E-state index is 0.177. The Kier molecular flexibility index (Phi) is 2.86. The maximum absolute atomic E-state index is 9.44. The van der Waals surface area contributed by atoms with Gasteiger partial charge in [0.25, 0.3) is 0 Å². The summed E-state index contributed by atoms with van der Waals surface area (Å²) < 4.78 is 0. The summed E-state index contributed by atoms with van der Waals surface area (Å²) in [4.78, 5) is 0. The molecule has 3 heteroatoms. The fraction of sp³-hybridized carbons (Fsp3) is 0.333. The third-order valence-corrected chi connectivity index (χ3v) is 2.51. The predicted octanol–water partition coefficient (Wildman–Crippen LogP) is 3.82. The molecule has 0 aliphatic carbocycles. The Morgan fingerprint density at radius 2 is 1.83 bits per heavy atom. The van der Waals surface area contributed by atoms with Gasteiger partial charge in [0.2, 0.25) is 0 Å². The summed E-state index contributed by atoms with van der Waals surface area (Å²) in [5.41, 5.74) is 0.712. The van der Waals surface area contributed by atoms with Crippen LogP contribution in [0.15, 0.2) is 12.1 Å². The van der Waals surface area contributed by atoms with E-state index >= 15 is 0 Å². The van der Waals surface area contributed by atoms with E-state index in [9.17, 15) is 5.11 Å². The number of hydrogen-bond donors (Lipinski definition) is 1. The van der Waals surface area contributed by atoms with Crippen molar-refractivity contribution in [3.63, 3.8) is 0 Å². The molecule has 0 amide bonds. The van der Waals surface area contributed by atoms with Crippen LogP contribution >= 0.6 is 23.2 Å². The van der Waals surface area contributed by atoms with E-state index in [-0.39, 0.29) is 11.7 Å². The molecule has 1 rings (SSSR count). The zero-order valence-electron chi connectivity index (χ0n) is 6.94. The molecule has 0 unspecified atom stereocenters. The first-order chi connectivity index (χ1) is 5.54. The second kappa shape index (κ2) is 3.55. The lowest BCUT2D eigenvalue weighted by atomic mass is 10.0. The molecule has 1 nitrogen and oxygen atoms in total. The highest BCUT2D eigenvalue weighted by Crippen LogP contribution is 2.36. The molecule has 0 atom stereocenters. The zero-order chi connectivity index (χ0) is 9.30. The monoisotopic (exact) mass is 204 g/mol. The molecule has 0 aromatic heterocycles. The van der Waals surface area contributed by atoms with Crippen molar-refractivity contribution >= 4 is 23.2 Å². The van der Waals surface area contributed by atoms with Crippen molar-refractivity contribution in [2.75, 3.05) is 0 Å². The molecule has 1 aromatic rings. The van der Waals surface area contributed by atoms with E-state index in [0.29, 0.717) is 15.6 Å². The number of aromatic hydroxyl groups is 1. The second-order valence-electron chi connectivity index (χ2n) is 2.95. The summed E-state index contributed by atoms with van der Waals surface area (Å²) in [7, 11) is 0. The van der Waals surface area contributed by atoms with E-state index < -0.39 is 0 Å². The lowest BCUT2D eigenvalue weighted by Gasteiger charge is -2.10. The van der Waals surface area contributed by atoms with Crippen LogP contribution in [0.3, 0.4) is 0 Å². The van der Waals surface area contributed by atoms with E-state index in [0.717, 1.165) is 0 Å². The van der Waals surface area contributed by atoms with Crippen molar-refractivity contribution in [2.45, 2.75) is 19.8 Å². The highest BCUT2D eigenvalue weighted by atomic mass is 35.5. The molecule has 0 fully saturated rings. The van der Waals surface area contributed by atoms with E-state index in [2.05, 4.69) is 0 Å². The lowest BCUT2D eigenvalue weighted by molar-refractivity contribution is 0.465. The molecule has 0 bridgehead atoms. The van der Waals surface area contributed by atoms with Crippen LogP contribution < -0.4 is 0 Å². The topological polar surface area (TPSA) is 20.2 Å². The molecule has 0 spiro atoms. The minimum Gasteiger partial charge on any atom is -0.508 e. The molecular weight excluding hydrogens is 195 g/mol. The summed E-state index contributed by atoms with van der Waals surface area (Å²) in [6, 6.07) is 3.15. The van der Waals surface area contributed by atoms with Gasteiger partial charge in [0, 0.05) is 5.56 Å². The first kappa shape index (κ1) is 9.69. The smallest absolute Gasteiger partial charge is 0.120 e. The van der Waals surface area contributed by atoms with Gasteiger partial charge in [0.1, 0.15) is 5.75 Å². The van der Waals surface area contributed by atoms with E-state index in [1.807, 2.05) is 13.8 Å². The molecule has 0 radical (unpaired) electrons. The summed E-state index contributed by atoms with van der Waals surface area (Å²) >= 11 is 11.7. The highest BCUT2D eigenvalue weighted by Gasteiger charge is 2.12. The van der Waals surface area contributed by atoms with Gasteiger partial charge in [-0.3, -0.25) is 0 Å². The normalized spacial score (nSPS) is 10.8. The molecule has 0 aliphatic heterocycles. The lowest BCUT2D eigenvalue weighted by Crippen LogP contribution is -1.90. The largest absolute Gasteiger partial charge is 0.508 e. The van der Waals surface area contributed by atoms with Gasteiger partial charge >= 0.3 is 0 Å². The van der Waals surface area contributed by atoms with Crippen LogP contribution in [0, 0.1) is 0 Å². The van der Waals surface area contributed by atoms with E-state index in [4.69, 9.17) is 23.2 Å². The van der Waals surface area contributed by atoms with Crippen LogP contribution in [0.1, 0.15) is 25.3 Å². The van der Waals surface area contributed by atoms with Gasteiger partial charge in [0.15, 0.2) is 0 Å². The number of halogens is 2. The summed E-state index contributed by atoms with van der Waals surface area (Å²) in [5, 5.41) is 10.4. The van der Waals surface area contributed by atoms with Crippen molar-refractivity contribution in [2.24, 2.45) is 0 Å². The predicted molar refractivity (Wildman–Crippen MR) is 52.2 cm³/mol. The molecule has 0 heterocycles. The van der Waals surface area contributed by atoms with Gasteiger partial charge in [-0.05, 0) is 18.1 Å². The summed E-state index contributed by atoms with van der Waals surface area (Å²) in [5.74, 6) is 0.385. The number of hydrogen-bond acceptors (Lipinski definition) is 1. The second-order valence-corrected chi connectivity index (χ2v) is 3.73. The Balaban J connectivity index is 3.33. The average Bonchev–Trinajstić information content (AvgIpc) is 1.97. The van der Waals surface area contributed by atoms with E-state index in [1.54, 1.807) is 12.1 Å². The number of phenolic OH excluding ortho intramolecular Hbond substituents is 1. The Labute approximate surface area is 81.9 Å². The third kappa shape index (κ3) is 1.67. The SMILES string of the molecule is CC(C)c1c(O)ccc(Cl)c1Cl. The van der Waals surface area contributed by atoms with Crippen LogP contribution in [0.2, 0.25) is 10.0 Å². The molecule has 1 aromatic carbocycles. The maximum Gasteiger partial charge on any atom is 0.120 e. The van der Waals surface area contributed by atoms with Crippen LogP contribution in [-0.2, 0) is 0 Å². The van der Waals surface area contributed by atoms with Crippen LogP contribution in [0.4, 0.5) is 0 Å². The molecule has 1 N–H and O–H groups in total. The standard InChI is InChI=1S/C9H10Cl2O/c1-5(2)8-7(12)4-3-6(10)9(8)11/h3-5,12H,1-2H3. The fourth-order valence-electron chi connectivity index (χ4n) is 1.11. The Hall–Kier alpha value is -0.400. The Bertz CT molecular complexity index is 295. The van der Waals surface area contributed by atoms with Gasteiger partial charge in [-0.2, -0.15) is 0 Å². The number of benzene rings is 1. The van der Waals surface area contributed by atoms with Crippen LogP contribution in [0.25, 0.3) is 0 Å². The van der Waals surface area contributed by atoms with Gasteiger partial charge in [-0.25, -0.2) is 0 Å². The molecule has 66 valence electrons. The Morgan fingerprint density at radius 3 is 2.25 bits per heavy atom. The molecule has 0 aliphatic rings. The van der Waals surface area contributed by atoms with Gasteiger partial charge in [-0.15, -0.1) is 0 Å². The maximum atomic E-state index is 9.44. The first-order valence-electron chi connectivity index (χ1n) is 3.71. The molecule has 0 saturated carbocycles.